The van der Waals surface area contributed by atoms with Crippen molar-refractivity contribution in [3.63, 3.8) is 0 Å². The van der Waals surface area contributed by atoms with E-state index in [4.69, 9.17) is 16.6 Å². The first-order chi connectivity index (χ1) is 14.3. The first kappa shape index (κ1) is 17.5. The molecule has 0 amide bonds. The molecule has 2 aromatic heterocycles. The Hall–Kier alpha value is -3.63. The third-order valence-electron chi connectivity index (χ3n) is 4.74. The van der Waals surface area contributed by atoms with Crippen molar-refractivity contribution in [1.82, 2.24) is 19.9 Å². The first-order valence-corrected chi connectivity index (χ1v) is 9.57. The van der Waals surface area contributed by atoms with Crippen molar-refractivity contribution in [1.29, 1.82) is 0 Å². The Labute approximate surface area is 172 Å². The molecule has 0 N–H and O–H groups in total. The fourth-order valence-corrected chi connectivity index (χ4v) is 3.50. The molecule has 0 atom stereocenters. The van der Waals surface area contributed by atoms with Gasteiger partial charge in [-0.2, -0.15) is 9.97 Å². The molecule has 0 saturated carbocycles. The molecule has 0 aliphatic carbocycles. The number of benzene rings is 3. The summed E-state index contributed by atoms with van der Waals surface area (Å²) in [6.07, 6.45) is 1.78. The average molecular weight is 395 g/mol. The van der Waals surface area contributed by atoms with Crippen molar-refractivity contribution in [3.05, 3.63) is 96.4 Å². The summed E-state index contributed by atoms with van der Waals surface area (Å²) in [6.45, 7) is 0. The minimum atomic E-state index is 0.173. The van der Waals surface area contributed by atoms with E-state index < -0.39 is 0 Å². The zero-order valence-corrected chi connectivity index (χ0v) is 16.1. The fourth-order valence-electron chi connectivity index (χ4n) is 3.34. The molecule has 3 aromatic carbocycles. The van der Waals surface area contributed by atoms with E-state index in [1.807, 2.05) is 66.7 Å². The highest BCUT2D eigenvalue weighted by atomic mass is 35.5. The average Bonchev–Trinajstić information content (AvgIpc) is 2.79. The normalized spacial score (nSPS) is 10.9. The summed E-state index contributed by atoms with van der Waals surface area (Å²) in [5, 5.41) is 2.38. The van der Waals surface area contributed by atoms with Crippen LogP contribution in [0.15, 0.2) is 91.1 Å². The molecule has 0 fully saturated rings. The van der Waals surface area contributed by atoms with Gasteiger partial charge < -0.3 is 0 Å². The van der Waals surface area contributed by atoms with Crippen LogP contribution < -0.4 is 0 Å². The van der Waals surface area contributed by atoms with E-state index in [-0.39, 0.29) is 5.28 Å². The Bertz CT molecular complexity index is 1300. The lowest BCUT2D eigenvalue weighted by molar-refractivity contribution is 1.07. The summed E-state index contributed by atoms with van der Waals surface area (Å²) in [5.74, 6) is 1.10. The van der Waals surface area contributed by atoms with Crippen LogP contribution in [0.2, 0.25) is 5.28 Å². The van der Waals surface area contributed by atoms with Gasteiger partial charge in [0.05, 0.1) is 5.69 Å². The quantitative estimate of drug-likeness (QED) is 0.372. The monoisotopic (exact) mass is 394 g/mol. The Balaban J connectivity index is 1.58. The highest BCUT2D eigenvalue weighted by Crippen LogP contribution is 2.29. The van der Waals surface area contributed by atoms with Crippen LogP contribution in [0, 0.1) is 0 Å². The Kier molecular flexibility index (Phi) is 4.47. The second-order valence-corrected chi connectivity index (χ2v) is 6.91. The van der Waals surface area contributed by atoms with Crippen molar-refractivity contribution in [2.24, 2.45) is 0 Å². The zero-order chi connectivity index (χ0) is 19.6. The lowest BCUT2D eigenvalue weighted by Gasteiger charge is -2.08. The number of rotatable bonds is 3. The predicted molar refractivity (Wildman–Crippen MR) is 116 cm³/mol. The van der Waals surface area contributed by atoms with Crippen LogP contribution in [0.1, 0.15) is 0 Å². The maximum absolute atomic E-state index is 6.26. The molecule has 0 bridgehead atoms. The van der Waals surface area contributed by atoms with Gasteiger partial charge in [0.1, 0.15) is 0 Å². The minimum Gasteiger partial charge on any atom is -0.256 e. The van der Waals surface area contributed by atoms with Crippen molar-refractivity contribution in [2.75, 3.05) is 0 Å². The smallest absolute Gasteiger partial charge is 0.226 e. The molecule has 2 heterocycles. The van der Waals surface area contributed by atoms with Gasteiger partial charge in [0.15, 0.2) is 11.6 Å². The standard InChI is InChI=1S/C24H15ClN4/c25-24-28-22(18-13-11-17(12-14-18)21-10-3-4-15-26-21)27-23(29-24)20-9-5-7-16-6-1-2-8-19(16)20/h1-15H. The summed E-state index contributed by atoms with van der Waals surface area (Å²) in [4.78, 5) is 17.8. The molecule has 5 rings (SSSR count). The van der Waals surface area contributed by atoms with E-state index in [2.05, 4.69) is 33.2 Å². The highest BCUT2D eigenvalue weighted by molar-refractivity contribution is 6.28. The van der Waals surface area contributed by atoms with Gasteiger partial charge in [0.2, 0.25) is 5.28 Å². The molecular weight excluding hydrogens is 380 g/mol. The molecule has 5 heteroatoms. The number of halogens is 1. The van der Waals surface area contributed by atoms with Crippen LogP contribution in [0.5, 0.6) is 0 Å². The molecular formula is C24H15ClN4. The van der Waals surface area contributed by atoms with Crippen LogP contribution in [-0.4, -0.2) is 19.9 Å². The van der Waals surface area contributed by atoms with E-state index in [9.17, 15) is 0 Å². The maximum atomic E-state index is 6.26. The molecule has 0 radical (unpaired) electrons. The predicted octanol–water partition coefficient (Wildman–Crippen LogP) is 6.07. The van der Waals surface area contributed by atoms with Crippen molar-refractivity contribution in [3.8, 4) is 34.0 Å². The number of aromatic nitrogens is 4. The molecule has 29 heavy (non-hydrogen) atoms. The van der Waals surface area contributed by atoms with E-state index in [0.29, 0.717) is 11.6 Å². The largest absolute Gasteiger partial charge is 0.256 e. The van der Waals surface area contributed by atoms with E-state index in [1.165, 1.54) is 0 Å². The molecule has 0 unspecified atom stereocenters. The van der Waals surface area contributed by atoms with Crippen LogP contribution in [-0.2, 0) is 0 Å². The summed E-state index contributed by atoms with van der Waals surface area (Å²) >= 11 is 6.26. The third-order valence-corrected chi connectivity index (χ3v) is 4.91. The van der Waals surface area contributed by atoms with E-state index >= 15 is 0 Å². The van der Waals surface area contributed by atoms with Crippen LogP contribution >= 0.6 is 11.6 Å². The van der Waals surface area contributed by atoms with Crippen LogP contribution in [0.4, 0.5) is 0 Å². The van der Waals surface area contributed by atoms with Gasteiger partial charge in [-0.1, -0.05) is 72.8 Å². The van der Waals surface area contributed by atoms with Gasteiger partial charge in [-0.25, -0.2) is 4.98 Å². The summed E-state index contributed by atoms with van der Waals surface area (Å²) in [7, 11) is 0. The molecule has 0 spiro atoms. The maximum Gasteiger partial charge on any atom is 0.226 e. The highest BCUT2D eigenvalue weighted by Gasteiger charge is 2.12. The molecule has 0 aliphatic heterocycles. The van der Waals surface area contributed by atoms with Gasteiger partial charge in [-0.15, -0.1) is 0 Å². The SMILES string of the molecule is Clc1nc(-c2ccc(-c3ccccn3)cc2)nc(-c2cccc3ccccc23)n1. The summed E-state index contributed by atoms with van der Waals surface area (Å²) < 4.78 is 0. The molecule has 0 aliphatic rings. The van der Waals surface area contributed by atoms with Gasteiger partial charge in [0, 0.05) is 22.9 Å². The van der Waals surface area contributed by atoms with Crippen LogP contribution in [0.3, 0.4) is 0 Å². The molecule has 4 nitrogen and oxygen atoms in total. The minimum absolute atomic E-state index is 0.173. The van der Waals surface area contributed by atoms with Gasteiger partial charge >= 0.3 is 0 Å². The Morgan fingerprint density at radius 1 is 0.586 bits per heavy atom. The molecule has 138 valence electrons. The van der Waals surface area contributed by atoms with E-state index in [0.717, 1.165) is 33.2 Å². The van der Waals surface area contributed by atoms with Gasteiger partial charge in [0.25, 0.3) is 0 Å². The second-order valence-electron chi connectivity index (χ2n) is 6.57. The fraction of sp³-hybridized carbons (Fsp3) is 0. The zero-order valence-electron chi connectivity index (χ0n) is 15.3. The van der Waals surface area contributed by atoms with E-state index in [1.54, 1.807) is 6.20 Å². The number of hydrogen-bond acceptors (Lipinski definition) is 4. The Morgan fingerprint density at radius 3 is 2.14 bits per heavy atom. The van der Waals surface area contributed by atoms with Crippen molar-refractivity contribution >= 4 is 22.4 Å². The van der Waals surface area contributed by atoms with Crippen molar-refractivity contribution < 1.29 is 0 Å². The van der Waals surface area contributed by atoms with Gasteiger partial charge in [-0.05, 0) is 34.5 Å². The van der Waals surface area contributed by atoms with Crippen LogP contribution in [0.25, 0.3) is 44.8 Å². The van der Waals surface area contributed by atoms with Crippen molar-refractivity contribution in [2.45, 2.75) is 0 Å². The summed E-state index contributed by atoms with van der Waals surface area (Å²) in [6, 6.07) is 28.0. The molecule has 5 aromatic rings. The molecule has 0 saturated heterocycles. The number of pyridine rings is 1. The summed E-state index contributed by atoms with van der Waals surface area (Å²) in [5.41, 5.74) is 3.75. The number of nitrogens with zero attached hydrogens (tertiary/aromatic N) is 4. The number of hydrogen-bond donors (Lipinski definition) is 0. The lowest BCUT2D eigenvalue weighted by Crippen LogP contribution is -1.97. The lowest BCUT2D eigenvalue weighted by atomic mass is 10.0. The third kappa shape index (κ3) is 3.46. The second kappa shape index (κ2) is 7.41. The van der Waals surface area contributed by atoms with Gasteiger partial charge in [-0.3, -0.25) is 4.98 Å². The first-order valence-electron chi connectivity index (χ1n) is 9.19. The number of fused-ring (bicyclic) bond motifs is 1. The topological polar surface area (TPSA) is 51.6 Å². The Morgan fingerprint density at radius 2 is 1.31 bits per heavy atom.